The second-order valence-corrected chi connectivity index (χ2v) is 4.75. The lowest BCUT2D eigenvalue weighted by Gasteiger charge is -2.22. The molecule has 118 valence electrons. The number of aryl methyl sites for hydroxylation is 1. The van der Waals surface area contributed by atoms with Gasteiger partial charge in [0.05, 0.1) is 13.1 Å². The summed E-state index contributed by atoms with van der Waals surface area (Å²) in [5, 5.41) is 0. The molecule has 1 fully saturated rings. The van der Waals surface area contributed by atoms with E-state index in [2.05, 4.69) is 6.58 Å². The van der Waals surface area contributed by atoms with Crippen LogP contribution in [0.25, 0.3) is 5.70 Å². The van der Waals surface area contributed by atoms with Crippen LogP contribution in [0.2, 0.25) is 0 Å². The molecule has 2 N–H and O–H groups in total. The van der Waals surface area contributed by atoms with Gasteiger partial charge in [-0.2, -0.15) is 17.6 Å². The van der Waals surface area contributed by atoms with E-state index in [1.807, 2.05) is 13.8 Å². The molecule has 0 aromatic heterocycles. The van der Waals surface area contributed by atoms with Crippen LogP contribution < -0.4 is 5.73 Å². The molecule has 1 aromatic carbocycles. The minimum Gasteiger partial charge on any atom is -0.398 e. The molecule has 1 aromatic rings. The van der Waals surface area contributed by atoms with Gasteiger partial charge in [0.15, 0.2) is 0 Å². The van der Waals surface area contributed by atoms with Crippen molar-refractivity contribution in [2.75, 3.05) is 18.8 Å². The molecule has 2 rings (SSSR count). The van der Waals surface area contributed by atoms with E-state index in [9.17, 15) is 17.6 Å². The minimum absolute atomic E-state index is 0.104. The van der Waals surface area contributed by atoms with E-state index in [0.717, 1.165) is 4.90 Å². The summed E-state index contributed by atoms with van der Waals surface area (Å²) in [7, 11) is 0. The van der Waals surface area contributed by atoms with Gasteiger partial charge in [-0.15, -0.1) is 0 Å². The molecule has 1 aliphatic heterocycles. The Morgan fingerprint density at radius 2 is 1.62 bits per heavy atom. The molecule has 1 saturated heterocycles. The zero-order chi connectivity index (χ0) is 16.4. The minimum atomic E-state index is -4.05. The maximum Gasteiger partial charge on any atom is 0.329 e. The van der Waals surface area contributed by atoms with Crippen LogP contribution in [0.5, 0.6) is 0 Å². The van der Waals surface area contributed by atoms with Crippen LogP contribution in [0.15, 0.2) is 24.8 Å². The topological polar surface area (TPSA) is 29.3 Å². The van der Waals surface area contributed by atoms with Gasteiger partial charge in [0.1, 0.15) is 0 Å². The Kier molecular flexibility index (Phi) is 4.91. The highest BCUT2D eigenvalue weighted by Gasteiger charge is 2.63. The van der Waals surface area contributed by atoms with Gasteiger partial charge in [-0.25, -0.2) is 0 Å². The van der Waals surface area contributed by atoms with Gasteiger partial charge in [-0.3, -0.25) is 0 Å². The van der Waals surface area contributed by atoms with Gasteiger partial charge in [-0.05, 0) is 18.6 Å². The molecule has 0 atom stereocenters. The third-order valence-corrected chi connectivity index (χ3v) is 3.29. The van der Waals surface area contributed by atoms with E-state index in [0.29, 0.717) is 16.8 Å². The number of nitrogens with zero attached hydrogens (tertiary/aromatic N) is 1. The standard InChI is InChI=1S/C13H14F4N2.C2H6/c1-8-4-3-5-10(18)11(8)9(2)19-6-12(14,15)13(16,17)7-19;1-2/h3-5H,2,6-7,18H2,1H3;1-2H3. The van der Waals surface area contributed by atoms with Crippen LogP contribution in [0, 0.1) is 6.92 Å². The van der Waals surface area contributed by atoms with Gasteiger partial charge in [-0.1, -0.05) is 32.6 Å². The van der Waals surface area contributed by atoms with Gasteiger partial charge < -0.3 is 10.6 Å². The molecular formula is C15H20F4N2. The largest absolute Gasteiger partial charge is 0.398 e. The van der Waals surface area contributed by atoms with Crippen LogP contribution in [-0.4, -0.2) is 29.8 Å². The first-order valence-corrected chi connectivity index (χ1v) is 6.71. The number of nitrogen functional groups attached to an aromatic ring is 1. The van der Waals surface area contributed by atoms with Crippen molar-refractivity contribution in [3.05, 3.63) is 35.9 Å². The van der Waals surface area contributed by atoms with Gasteiger partial charge in [0, 0.05) is 16.9 Å². The SMILES string of the molecule is C=C(c1c(C)cccc1N)N1CC(F)(F)C(F)(F)C1.CC. The quantitative estimate of drug-likeness (QED) is 0.656. The van der Waals surface area contributed by atoms with Crippen molar-refractivity contribution in [2.45, 2.75) is 32.6 Å². The Morgan fingerprint density at radius 3 is 2.05 bits per heavy atom. The van der Waals surface area contributed by atoms with Gasteiger partial charge in [0.25, 0.3) is 0 Å². The molecule has 1 heterocycles. The Hall–Kier alpha value is -1.72. The Balaban J connectivity index is 0.00000106. The zero-order valence-corrected chi connectivity index (χ0v) is 12.4. The van der Waals surface area contributed by atoms with E-state index in [1.54, 1.807) is 25.1 Å². The fourth-order valence-electron chi connectivity index (χ4n) is 2.20. The van der Waals surface area contributed by atoms with E-state index >= 15 is 0 Å². The number of hydrogen-bond donors (Lipinski definition) is 1. The fourth-order valence-corrected chi connectivity index (χ4v) is 2.20. The van der Waals surface area contributed by atoms with Crippen molar-refractivity contribution in [3.63, 3.8) is 0 Å². The fraction of sp³-hybridized carbons (Fsp3) is 0.467. The number of halogens is 4. The zero-order valence-electron chi connectivity index (χ0n) is 12.4. The second-order valence-electron chi connectivity index (χ2n) is 4.75. The van der Waals surface area contributed by atoms with E-state index in [1.165, 1.54) is 0 Å². The predicted octanol–water partition coefficient (Wildman–Crippen LogP) is 4.16. The molecule has 0 unspecified atom stereocenters. The van der Waals surface area contributed by atoms with Crippen LogP contribution >= 0.6 is 0 Å². The lowest BCUT2D eigenvalue weighted by molar-refractivity contribution is -0.172. The molecule has 0 saturated carbocycles. The molecule has 21 heavy (non-hydrogen) atoms. The first-order chi connectivity index (χ1) is 9.66. The highest BCUT2D eigenvalue weighted by molar-refractivity contribution is 5.75. The summed E-state index contributed by atoms with van der Waals surface area (Å²) in [6.07, 6.45) is 0. The molecule has 6 heteroatoms. The van der Waals surface area contributed by atoms with Crippen molar-refractivity contribution in [3.8, 4) is 0 Å². The van der Waals surface area contributed by atoms with E-state index in [-0.39, 0.29) is 5.70 Å². The second kappa shape index (κ2) is 5.95. The normalized spacial score (nSPS) is 18.9. The van der Waals surface area contributed by atoms with Crippen LogP contribution in [-0.2, 0) is 0 Å². The summed E-state index contributed by atoms with van der Waals surface area (Å²) in [4.78, 5) is 0.888. The average molecular weight is 304 g/mol. The van der Waals surface area contributed by atoms with Gasteiger partial charge in [0.2, 0.25) is 0 Å². The molecule has 0 aliphatic carbocycles. The Morgan fingerprint density at radius 1 is 1.14 bits per heavy atom. The maximum absolute atomic E-state index is 13.2. The molecular weight excluding hydrogens is 284 g/mol. The number of likely N-dealkylation sites (tertiary alicyclic amines) is 1. The van der Waals surface area contributed by atoms with E-state index in [4.69, 9.17) is 5.73 Å². The summed E-state index contributed by atoms with van der Waals surface area (Å²) < 4.78 is 52.7. The lowest BCUT2D eigenvalue weighted by atomic mass is 10.0. The van der Waals surface area contributed by atoms with Crippen LogP contribution in [0.4, 0.5) is 23.2 Å². The highest BCUT2D eigenvalue weighted by Crippen LogP contribution is 2.44. The smallest absolute Gasteiger partial charge is 0.329 e. The average Bonchev–Trinajstić information content (AvgIpc) is 2.60. The molecule has 1 aliphatic rings. The predicted molar refractivity (Wildman–Crippen MR) is 77.4 cm³/mol. The number of hydrogen-bond acceptors (Lipinski definition) is 2. The van der Waals surface area contributed by atoms with Crippen molar-refractivity contribution in [1.82, 2.24) is 4.90 Å². The summed E-state index contributed by atoms with van der Waals surface area (Å²) >= 11 is 0. The molecule has 0 amide bonds. The number of alkyl halides is 4. The summed E-state index contributed by atoms with van der Waals surface area (Å²) in [5.41, 5.74) is 7.36. The number of anilines is 1. The summed E-state index contributed by atoms with van der Waals surface area (Å²) in [6, 6.07) is 5.01. The third kappa shape index (κ3) is 3.14. The number of benzene rings is 1. The van der Waals surface area contributed by atoms with Crippen LogP contribution in [0.1, 0.15) is 25.0 Å². The summed E-state index contributed by atoms with van der Waals surface area (Å²) in [5.74, 6) is -8.10. The first-order valence-electron chi connectivity index (χ1n) is 6.71. The Labute approximate surface area is 122 Å². The first kappa shape index (κ1) is 17.3. The lowest BCUT2D eigenvalue weighted by Crippen LogP contribution is -2.38. The van der Waals surface area contributed by atoms with Crippen molar-refractivity contribution < 1.29 is 17.6 Å². The van der Waals surface area contributed by atoms with Crippen molar-refractivity contribution in [2.24, 2.45) is 0 Å². The summed E-state index contributed by atoms with van der Waals surface area (Å²) in [6.45, 7) is 7.27. The molecule has 0 bridgehead atoms. The molecule has 0 radical (unpaired) electrons. The maximum atomic E-state index is 13.2. The highest BCUT2D eigenvalue weighted by atomic mass is 19.3. The third-order valence-electron chi connectivity index (χ3n) is 3.29. The van der Waals surface area contributed by atoms with Crippen LogP contribution in [0.3, 0.4) is 0 Å². The van der Waals surface area contributed by atoms with Crippen molar-refractivity contribution >= 4 is 11.4 Å². The Bertz CT molecular complexity index is 490. The number of rotatable bonds is 2. The molecule has 0 spiro atoms. The number of nitrogens with two attached hydrogens (primary N) is 1. The monoisotopic (exact) mass is 304 g/mol. The van der Waals surface area contributed by atoms with Gasteiger partial charge >= 0.3 is 11.8 Å². The van der Waals surface area contributed by atoms with E-state index < -0.39 is 24.9 Å². The molecule has 2 nitrogen and oxygen atoms in total. The van der Waals surface area contributed by atoms with Crippen molar-refractivity contribution in [1.29, 1.82) is 0 Å².